The molecule has 1 amide bonds. The number of carbonyl (C=O) groups is 2. The van der Waals surface area contributed by atoms with Crippen LogP contribution in [0.25, 0.3) is 0 Å². The molecular weight excluding hydrogens is 248 g/mol. The molecule has 2 rings (SSSR count). The number of aromatic carboxylic acids is 1. The Kier molecular flexibility index (Phi) is 4.11. The van der Waals surface area contributed by atoms with Crippen LogP contribution >= 0.6 is 0 Å². The zero-order valence-corrected chi connectivity index (χ0v) is 10.6. The molecule has 1 aromatic rings. The van der Waals surface area contributed by atoms with Crippen LogP contribution in [0, 0.1) is 5.92 Å². The number of methoxy groups -OCH3 is 1. The molecule has 1 unspecified atom stereocenters. The van der Waals surface area contributed by atoms with Crippen LogP contribution in [0.15, 0.2) is 18.3 Å². The van der Waals surface area contributed by atoms with Crippen molar-refractivity contribution in [3.63, 3.8) is 0 Å². The Morgan fingerprint density at radius 3 is 2.89 bits per heavy atom. The van der Waals surface area contributed by atoms with Gasteiger partial charge in [-0.25, -0.2) is 4.79 Å². The normalized spacial score (nSPS) is 15.8. The second-order valence-electron chi connectivity index (χ2n) is 4.61. The molecule has 0 saturated heterocycles. The van der Waals surface area contributed by atoms with E-state index >= 15 is 0 Å². The van der Waals surface area contributed by atoms with Gasteiger partial charge in [-0.2, -0.15) is 0 Å². The predicted octanol–water partition coefficient (Wildman–Crippen LogP) is 0.935. The summed E-state index contributed by atoms with van der Waals surface area (Å²) < 4.78 is 5.07. The highest BCUT2D eigenvalue weighted by Crippen LogP contribution is 2.32. The summed E-state index contributed by atoms with van der Waals surface area (Å²) in [6.45, 7) is 0.453. The van der Waals surface area contributed by atoms with E-state index in [0.717, 1.165) is 12.8 Å². The van der Waals surface area contributed by atoms with Crippen LogP contribution in [-0.4, -0.2) is 41.7 Å². The zero-order valence-electron chi connectivity index (χ0n) is 10.6. The standard InChI is InChI=1S/C13H16N2O4/c1-19-7-11(8-2-3-8)15-12(16)10-6-9(13(17)18)4-5-14-10/h4-6,8,11H,2-3,7H2,1H3,(H,15,16)(H,17,18). The Morgan fingerprint density at radius 2 is 2.32 bits per heavy atom. The van der Waals surface area contributed by atoms with Crippen LogP contribution in [-0.2, 0) is 4.74 Å². The van der Waals surface area contributed by atoms with E-state index in [1.165, 1.54) is 18.3 Å². The lowest BCUT2D eigenvalue weighted by Gasteiger charge is -2.16. The largest absolute Gasteiger partial charge is 0.478 e. The summed E-state index contributed by atoms with van der Waals surface area (Å²) in [4.78, 5) is 26.8. The highest BCUT2D eigenvalue weighted by molar-refractivity contribution is 5.95. The van der Waals surface area contributed by atoms with Crippen LogP contribution in [0.4, 0.5) is 0 Å². The minimum atomic E-state index is -1.08. The van der Waals surface area contributed by atoms with Gasteiger partial charge in [0.1, 0.15) is 5.69 Å². The summed E-state index contributed by atoms with van der Waals surface area (Å²) >= 11 is 0. The Morgan fingerprint density at radius 1 is 1.58 bits per heavy atom. The monoisotopic (exact) mass is 264 g/mol. The lowest BCUT2D eigenvalue weighted by molar-refractivity contribution is 0.0696. The number of pyridine rings is 1. The third-order valence-electron chi connectivity index (χ3n) is 3.09. The third kappa shape index (κ3) is 3.51. The van der Waals surface area contributed by atoms with Crippen molar-refractivity contribution >= 4 is 11.9 Å². The fraction of sp³-hybridized carbons (Fsp3) is 0.462. The van der Waals surface area contributed by atoms with Gasteiger partial charge in [0.15, 0.2) is 0 Å². The molecule has 2 N–H and O–H groups in total. The fourth-order valence-corrected chi connectivity index (χ4v) is 1.90. The van der Waals surface area contributed by atoms with Crippen molar-refractivity contribution in [3.05, 3.63) is 29.6 Å². The molecule has 6 heteroatoms. The average molecular weight is 264 g/mol. The molecule has 1 aliphatic rings. The van der Waals surface area contributed by atoms with E-state index in [9.17, 15) is 9.59 Å². The smallest absolute Gasteiger partial charge is 0.335 e. The van der Waals surface area contributed by atoms with Crippen molar-refractivity contribution in [2.24, 2.45) is 5.92 Å². The molecule has 0 bridgehead atoms. The number of hydrogen-bond donors (Lipinski definition) is 2. The maximum absolute atomic E-state index is 12.0. The highest BCUT2D eigenvalue weighted by Gasteiger charge is 2.32. The van der Waals surface area contributed by atoms with Gasteiger partial charge in [0.2, 0.25) is 0 Å². The second-order valence-corrected chi connectivity index (χ2v) is 4.61. The van der Waals surface area contributed by atoms with E-state index in [4.69, 9.17) is 9.84 Å². The quantitative estimate of drug-likeness (QED) is 0.798. The van der Waals surface area contributed by atoms with Gasteiger partial charge < -0.3 is 15.2 Å². The van der Waals surface area contributed by atoms with Gasteiger partial charge in [0, 0.05) is 13.3 Å². The molecule has 19 heavy (non-hydrogen) atoms. The Balaban J connectivity index is 2.06. The first-order chi connectivity index (χ1) is 9.11. The zero-order chi connectivity index (χ0) is 13.8. The van der Waals surface area contributed by atoms with Crippen LogP contribution < -0.4 is 5.32 Å². The van der Waals surface area contributed by atoms with Gasteiger partial charge in [-0.3, -0.25) is 9.78 Å². The summed E-state index contributed by atoms with van der Waals surface area (Å²) in [7, 11) is 1.59. The summed E-state index contributed by atoms with van der Waals surface area (Å²) in [5, 5.41) is 11.7. The fourth-order valence-electron chi connectivity index (χ4n) is 1.90. The van der Waals surface area contributed by atoms with Crippen LogP contribution in [0.1, 0.15) is 33.7 Å². The Labute approximate surface area is 110 Å². The predicted molar refractivity (Wildman–Crippen MR) is 67.1 cm³/mol. The number of hydrogen-bond acceptors (Lipinski definition) is 4. The van der Waals surface area contributed by atoms with E-state index in [0.29, 0.717) is 12.5 Å². The third-order valence-corrected chi connectivity index (χ3v) is 3.09. The Bertz CT molecular complexity index is 485. The van der Waals surface area contributed by atoms with Gasteiger partial charge in [-0.05, 0) is 30.9 Å². The van der Waals surface area contributed by atoms with Crippen LogP contribution in [0.3, 0.4) is 0 Å². The Hall–Kier alpha value is -1.95. The number of rotatable bonds is 6. The van der Waals surface area contributed by atoms with Gasteiger partial charge in [0.25, 0.3) is 5.91 Å². The lowest BCUT2D eigenvalue weighted by atomic mass is 10.1. The van der Waals surface area contributed by atoms with Crippen LogP contribution in [0.5, 0.6) is 0 Å². The minimum absolute atomic E-state index is 0.0345. The van der Waals surface area contributed by atoms with E-state index in [1.54, 1.807) is 7.11 Å². The van der Waals surface area contributed by atoms with E-state index in [2.05, 4.69) is 10.3 Å². The van der Waals surface area contributed by atoms with Crippen molar-refractivity contribution < 1.29 is 19.4 Å². The first-order valence-electron chi connectivity index (χ1n) is 6.11. The van der Waals surface area contributed by atoms with Crippen molar-refractivity contribution in [2.75, 3.05) is 13.7 Å². The van der Waals surface area contributed by atoms with Crippen molar-refractivity contribution in [1.29, 1.82) is 0 Å². The number of carboxylic acid groups (broad SMARTS) is 1. The summed E-state index contributed by atoms with van der Waals surface area (Å²) in [6, 6.07) is 2.59. The minimum Gasteiger partial charge on any atom is -0.478 e. The number of nitrogens with one attached hydrogen (secondary N) is 1. The molecule has 1 fully saturated rings. The first-order valence-corrected chi connectivity index (χ1v) is 6.11. The molecule has 102 valence electrons. The molecule has 0 spiro atoms. The summed E-state index contributed by atoms with van der Waals surface area (Å²) in [5.74, 6) is -0.990. The number of carboxylic acids is 1. The summed E-state index contributed by atoms with van der Waals surface area (Å²) in [5.41, 5.74) is 0.163. The number of carbonyl (C=O) groups excluding carboxylic acids is 1. The average Bonchev–Trinajstić information content (AvgIpc) is 3.22. The van der Waals surface area contributed by atoms with Crippen molar-refractivity contribution in [3.8, 4) is 0 Å². The maximum Gasteiger partial charge on any atom is 0.335 e. The van der Waals surface area contributed by atoms with Gasteiger partial charge in [-0.15, -0.1) is 0 Å². The maximum atomic E-state index is 12.0. The molecule has 0 radical (unpaired) electrons. The highest BCUT2D eigenvalue weighted by atomic mass is 16.5. The molecule has 1 heterocycles. The van der Waals surface area contributed by atoms with Crippen molar-refractivity contribution in [2.45, 2.75) is 18.9 Å². The molecular formula is C13H16N2O4. The number of amides is 1. The molecule has 1 atom stereocenters. The van der Waals surface area contributed by atoms with E-state index in [1.807, 2.05) is 0 Å². The number of ether oxygens (including phenoxy) is 1. The summed E-state index contributed by atoms with van der Waals surface area (Å²) in [6.07, 6.45) is 3.48. The van der Waals surface area contributed by atoms with Gasteiger partial charge >= 0.3 is 5.97 Å². The molecule has 1 saturated carbocycles. The molecule has 6 nitrogen and oxygen atoms in total. The molecule has 0 aliphatic heterocycles. The van der Waals surface area contributed by atoms with Crippen LogP contribution in [0.2, 0.25) is 0 Å². The first kappa shape index (κ1) is 13.5. The SMILES string of the molecule is COCC(NC(=O)c1cc(C(=O)O)ccn1)C1CC1. The molecule has 0 aromatic carbocycles. The van der Waals surface area contributed by atoms with Gasteiger partial charge in [-0.1, -0.05) is 0 Å². The number of aromatic nitrogens is 1. The lowest BCUT2D eigenvalue weighted by Crippen LogP contribution is -2.40. The topological polar surface area (TPSA) is 88.5 Å². The van der Waals surface area contributed by atoms with Gasteiger partial charge in [0.05, 0.1) is 18.2 Å². The second kappa shape index (κ2) is 5.79. The molecule has 1 aliphatic carbocycles. The van der Waals surface area contributed by atoms with Crippen molar-refractivity contribution in [1.82, 2.24) is 10.3 Å². The van der Waals surface area contributed by atoms with E-state index in [-0.39, 0.29) is 23.2 Å². The number of nitrogens with zero attached hydrogens (tertiary/aromatic N) is 1. The van der Waals surface area contributed by atoms with E-state index < -0.39 is 5.97 Å². The molecule has 1 aromatic heterocycles.